The van der Waals surface area contributed by atoms with Gasteiger partial charge in [0.15, 0.2) is 6.10 Å². The van der Waals surface area contributed by atoms with Crippen molar-refractivity contribution in [3.8, 4) is 11.5 Å². The van der Waals surface area contributed by atoms with Crippen molar-refractivity contribution in [2.24, 2.45) is 0 Å². The molecule has 0 bridgehead atoms. The zero-order chi connectivity index (χ0) is 16.8. The minimum Gasteiger partial charge on any atom is -0.494 e. The Balaban J connectivity index is 1.99. The van der Waals surface area contributed by atoms with Crippen LogP contribution >= 0.6 is 0 Å². The zero-order valence-corrected chi connectivity index (χ0v) is 14.1. The minimum absolute atomic E-state index is 0.197. The van der Waals surface area contributed by atoms with Gasteiger partial charge in [0.2, 0.25) is 0 Å². The number of hydrogen-bond acceptors (Lipinski definition) is 3. The molecular weight excluding hydrogens is 290 g/mol. The van der Waals surface area contributed by atoms with Gasteiger partial charge in [-0.3, -0.25) is 4.79 Å². The van der Waals surface area contributed by atoms with Gasteiger partial charge in [-0.1, -0.05) is 12.1 Å². The van der Waals surface area contributed by atoms with Crippen LogP contribution in [0, 0.1) is 13.8 Å². The molecule has 2 aromatic carbocycles. The average Bonchev–Trinajstić information content (AvgIpc) is 2.51. The maximum Gasteiger partial charge on any atom is 0.265 e. The normalized spacial score (nSPS) is 11.7. The first kappa shape index (κ1) is 16.9. The molecule has 0 fully saturated rings. The van der Waals surface area contributed by atoms with Crippen molar-refractivity contribution in [1.29, 1.82) is 0 Å². The summed E-state index contributed by atoms with van der Waals surface area (Å²) >= 11 is 0. The number of amides is 1. The van der Waals surface area contributed by atoms with Gasteiger partial charge in [0, 0.05) is 11.8 Å². The van der Waals surface area contributed by atoms with Crippen LogP contribution in [-0.4, -0.2) is 18.6 Å². The molecule has 2 aromatic rings. The molecule has 1 atom stereocenters. The average molecular weight is 313 g/mol. The molecule has 0 saturated carbocycles. The van der Waals surface area contributed by atoms with E-state index >= 15 is 0 Å². The number of rotatable bonds is 6. The third kappa shape index (κ3) is 4.74. The van der Waals surface area contributed by atoms with E-state index in [4.69, 9.17) is 9.47 Å². The number of ether oxygens (including phenoxy) is 2. The lowest BCUT2D eigenvalue weighted by atomic mass is 10.1. The molecule has 4 nitrogen and oxygen atoms in total. The third-order valence-electron chi connectivity index (χ3n) is 3.57. The molecule has 122 valence electrons. The standard InChI is InChI=1S/C19H23NO3/c1-5-22-17-8-6-7-16(12-17)20-19(21)15(4)23-18-10-9-13(2)14(3)11-18/h6-12,15H,5H2,1-4H3,(H,20,21)/t15-/m1/s1. The number of benzene rings is 2. The molecule has 0 aliphatic carbocycles. The van der Waals surface area contributed by atoms with E-state index in [0.29, 0.717) is 18.0 Å². The van der Waals surface area contributed by atoms with Crippen LogP contribution in [0.3, 0.4) is 0 Å². The maximum absolute atomic E-state index is 12.3. The predicted octanol–water partition coefficient (Wildman–Crippen LogP) is 4.11. The first-order valence-corrected chi connectivity index (χ1v) is 7.77. The summed E-state index contributed by atoms with van der Waals surface area (Å²) in [6.07, 6.45) is -0.590. The molecule has 0 aliphatic rings. The number of carbonyl (C=O) groups excluding carboxylic acids is 1. The predicted molar refractivity (Wildman–Crippen MR) is 92.2 cm³/mol. The van der Waals surface area contributed by atoms with E-state index < -0.39 is 6.10 Å². The fourth-order valence-electron chi connectivity index (χ4n) is 2.12. The summed E-state index contributed by atoms with van der Waals surface area (Å²) < 4.78 is 11.1. The van der Waals surface area contributed by atoms with Crippen LogP contribution in [0.1, 0.15) is 25.0 Å². The van der Waals surface area contributed by atoms with E-state index in [2.05, 4.69) is 5.32 Å². The molecule has 1 N–H and O–H groups in total. The molecule has 0 saturated heterocycles. The summed E-state index contributed by atoms with van der Waals surface area (Å²) in [7, 11) is 0. The summed E-state index contributed by atoms with van der Waals surface area (Å²) in [4.78, 5) is 12.3. The van der Waals surface area contributed by atoms with Crippen LogP contribution in [0.5, 0.6) is 11.5 Å². The first-order chi connectivity index (χ1) is 11.0. The maximum atomic E-state index is 12.3. The molecule has 0 heterocycles. The molecule has 0 aliphatic heterocycles. The molecule has 0 unspecified atom stereocenters. The van der Waals surface area contributed by atoms with Crippen molar-refractivity contribution in [2.75, 3.05) is 11.9 Å². The van der Waals surface area contributed by atoms with Gasteiger partial charge in [0.05, 0.1) is 6.61 Å². The van der Waals surface area contributed by atoms with E-state index in [9.17, 15) is 4.79 Å². The highest BCUT2D eigenvalue weighted by atomic mass is 16.5. The molecular formula is C19H23NO3. The van der Waals surface area contributed by atoms with Crippen molar-refractivity contribution in [2.45, 2.75) is 33.8 Å². The lowest BCUT2D eigenvalue weighted by Gasteiger charge is -2.16. The van der Waals surface area contributed by atoms with Crippen LogP contribution in [-0.2, 0) is 4.79 Å². The fourth-order valence-corrected chi connectivity index (χ4v) is 2.12. The van der Waals surface area contributed by atoms with Crippen LogP contribution in [0.4, 0.5) is 5.69 Å². The van der Waals surface area contributed by atoms with Crippen LogP contribution in [0.15, 0.2) is 42.5 Å². The molecule has 0 radical (unpaired) electrons. The van der Waals surface area contributed by atoms with Gasteiger partial charge in [-0.25, -0.2) is 0 Å². The summed E-state index contributed by atoms with van der Waals surface area (Å²) in [5, 5.41) is 2.84. The van der Waals surface area contributed by atoms with Crippen LogP contribution in [0.25, 0.3) is 0 Å². The quantitative estimate of drug-likeness (QED) is 0.873. The highest BCUT2D eigenvalue weighted by molar-refractivity contribution is 5.94. The third-order valence-corrected chi connectivity index (χ3v) is 3.57. The van der Waals surface area contributed by atoms with Crippen molar-refractivity contribution in [3.63, 3.8) is 0 Å². The smallest absolute Gasteiger partial charge is 0.265 e. The Morgan fingerprint density at radius 2 is 1.87 bits per heavy atom. The van der Waals surface area contributed by atoms with Gasteiger partial charge >= 0.3 is 0 Å². The van der Waals surface area contributed by atoms with Gasteiger partial charge in [-0.2, -0.15) is 0 Å². The van der Waals surface area contributed by atoms with E-state index in [1.54, 1.807) is 13.0 Å². The van der Waals surface area contributed by atoms with Crippen LogP contribution < -0.4 is 14.8 Å². The second-order valence-corrected chi connectivity index (χ2v) is 5.46. The van der Waals surface area contributed by atoms with Crippen molar-refractivity contribution in [3.05, 3.63) is 53.6 Å². The van der Waals surface area contributed by atoms with Gasteiger partial charge < -0.3 is 14.8 Å². The van der Waals surface area contributed by atoms with Gasteiger partial charge in [-0.15, -0.1) is 0 Å². The Morgan fingerprint density at radius 1 is 1.09 bits per heavy atom. The first-order valence-electron chi connectivity index (χ1n) is 7.77. The monoisotopic (exact) mass is 313 g/mol. The lowest BCUT2D eigenvalue weighted by molar-refractivity contribution is -0.122. The molecule has 2 rings (SSSR count). The number of nitrogens with one attached hydrogen (secondary N) is 1. The Morgan fingerprint density at radius 3 is 2.57 bits per heavy atom. The van der Waals surface area contributed by atoms with Gasteiger partial charge in [0.25, 0.3) is 5.91 Å². The van der Waals surface area contributed by atoms with Crippen molar-refractivity contribution < 1.29 is 14.3 Å². The van der Waals surface area contributed by atoms with E-state index in [1.165, 1.54) is 5.56 Å². The topological polar surface area (TPSA) is 47.6 Å². The van der Waals surface area contributed by atoms with Crippen LogP contribution in [0.2, 0.25) is 0 Å². The molecule has 23 heavy (non-hydrogen) atoms. The Hall–Kier alpha value is -2.49. The molecule has 0 spiro atoms. The van der Waals surface area contributed by atoms with Crippen molar-refractivity contribution in [1.82, 2.24) is 0 Å². The number of aryl methyl sites for hydroxylation is 2. The Bertz CT molecular complexity index is 682. The van der Waals surface area contributed by atoms with Crippen molar-refractivity contribution >= 4 is 11.6 Å². The number of hydrogen-bond donors (Lipinski definition) is 1. The second-order valence-electron chi connectivity index (χ2n) is 5.46. The zero-order valence-electron chi connectivity index (χ0n) is 14.1. The van der Waals surface area contributed by atoms with E-state index in [-0.39, 0.29) is 5.91 Å². The highest BCUT2D eigenvalue weighted by Crippen LogP contribution is 2.20. The van der Waals surface area contributed by atoms with E-state index in [1.807, 2.05) is 57.2 Å². The largest absolute Gasteiger partial charge is 0.494 e. The highest BCUT2D eigenvalue weighted by Gasteiger charge is 2.15. The summed E-state index contributed by atoms with van der Waals surface area (Å²) in [6, 6.07) is 13.1. The Labute approximate surface area is 137 Å². The summed E-state index contributed by atoms with van der Waals surface area (Å²) in [5.41, 5.74) is 3.03. The van der Waals surface area contributed by atoms with E-state index in [0.717, 1.165) is 11.3 Å². The number of carbonyl (C=O) groups is 1. The fraction of sp³-hybridized carbons (Fsp3) is 0.316. The minimum atomic E-state index is -0.590. The SMILES string of the molecule is CCOc1cccc(NC(=O)[C@@H](C)Oc2ccc(C)c(C)c2)c1. The lowest BCUT2D eigenvalue weighted by Crippen LogP contribution is -2.30. The Kier molecular flexibility index (Phi) is 5.63. The second kappa shape index (κ2) is 7.68. The number of anilines is 1. The summed E-state index contributed by atoms with van der Waals surface area (Å²) in [5.74, 6) is 1.23. The molecule has 4 heteroatoms. The molecule has 0 aromatic heterocycles. The summed E-state index contributed by atoms with van der Waals surface area (Å²) in [6.45, 7) is 8.30. The molecule has 1 amide bonds. The van der Waals surface area contributed by atoms with Gasteiger partial charge in [0.1, 0.15) is 11.5 Å². The van der Waals surface area contributed by atoms with Gasteiger partial charge in [-0.05, 0) is 63.1 Å².